The van der Waals surface area contributed by atoms with Gasteiger partial charge < -0.3 is 10.1 Å². The molecule has 0 aromatic heterocycles. The second-order valence-corrected chi connectivity index (χ2v) is 7.09. The van der Waals surface area contributed by atoms with E-state index in [4.69, 9.17) is 4.74 Å². The summed E-state index contributed by atoms with van der Waals surface area (Å²) >= 11 is 0. The average Bonchev–Trinajstić information content (AvgIpc) is 2.53. The molecule has 3 heteroatoms. The van der Waals surface area contributed by atoms with Crippen LogP contribution in [0.3, 0.4) is 0 Å². The number of carbonyl (C=O) groups is 1. The first-order chi connectivity index (χ1) is 11.4. The Morgan fingerprint density at radius 1 is 1.04 bits per heavy atom. The number of amides is 1. The molecule has 2 aromatic carbocycles. The molecule has 24 heavy (non-hydrogen) atoms. The van der Waals surface area contributed by atoms with Crippen LogP contribution in [-0.4, -0.2) is 12.5 Å². The van der Waals surface area contributed by atoms with E-state index in [9.17, 15) is 4.79 Å². The molecular formula is C21H27NO2. The van der Waals surface area contributed by atoms with Crippen LogP contribution >= 0.6 is 0 Å². The van der Waals surface area contributed by atoms with Crippen LogP contribution in [-0.2, 0) is 10.2 Å². The number of anilines is 1. The van der Waals surface area contributed by atoms with Crippen LogP contribution in [0.1, 0.15) is 44.7 Å². The summed E-state index contributed by atoms with van der Waals surface area (Å²) in [6, 6.07) is 16.0. The number of benzene rings is 2. The monoisotopic (exact) mass is 325 g/mol. The first-order valence-corrected chi connectivity index (χ1v) is 8.45. The van der Waals surface area contributed by atoms with Gasteiger partial charge in [-0.1, -0.05) is 51.1 Å². The Hall–Kier alpha value is -2.29. The summed E-state index contributed by atoms with van der Waals surface area (Å²) < 4.78 is 5.72. The summed E-state index contributed by atoms with van der Waals surface area (Å²) in [6.45, 7) is 9.10. The van der Waals surface area contributed by atoms with E-state index in [0.29, 0.717) is 19.4 Å². The highest BCUT2D eigenvalue weighted by atomic mass is 16.5. The van der Waals surface area contributed by atoms with Crippen molar-refractivity contribution in [2.75, 3.05) is 11.9 Å². The molecule has 3 nitrogen and oxygen atoms in total. The molecule has 0 aliphatic heterocycles. The predicted molar refractivity (Wildman–Crippen MR) is 99.7 cm³/mol. The highest BCUT2D eigenvalue weighted by Crippen LogP contribution is 2.24. The molecule has 0 bridgehead atoms. The number of carbonyl (C=O) groups excluding carboxylic acids is 1. The molecule has 2 rings (SSSR count). The van der Waals surface area contributed by atoms with Gasteiger partial charge in [0.2, 0.25) is 5.91 Å². The van der Waals surface area contributed by atoms with Crippen molar-refractivity contribution in [3.63, 3.8) is 0 Å². The molecule has 0 spiro atoms. The maximum atomic E-state index is 12.0. The number of aryl methyl sites for hydroxylation is 1. The van der Waals surface area contributed by atoms with Crippen molar-refractivity contribution in [1.29, 1.82) is 0 Å². The fourth-order valence-electron chi connectivity index (χ4n) is 2.40. The van der Waals surface area contributed by atoms with E-state index in [1.165, 1.54) is 5.56 Å². The normalized spacial score (nSPS) is 11.2. The second-order valence-electron chi connectivity index (χ2n) is 7.09. The quantitative estimate of drug-likeness (QED) is 0.751. The lowest BCUT2D eigenvalue weighted by molar-refractivity contribution is -0.116. The maximum Gasteiger partial charge on any atom is 0.224 e. The minimum atomic E-state index is 0.0241. The fourth-order valence-corrected chi connectivity index (χ4v) is 2.40. The summed E-state index contributed by atoms with van der Waals surface area (Å²) in [5.74, 6) is 0.873. The van der Waals surface area contributed by atoms with E-state index in [-0.39, 0.29) is 11.3 Å². The minimum absolute atomic E-state index is 0.0241. The minimum Gasteiger partial charge on any atom is -0.494 e. The summed E-state index contributed by atoms with van der Waals surface area (Å²) in [5.41, 5.74) is 3.38. The molecular weight excluding hydrogens is 298 g/mol. The summed E-state index contributed by atoms with van der Waals surface area (Å²) in [4.78, 5) is 12.0. The predicted octanol–water partition coefficient (Wildman–Crippen LogP) is 5.09. The van der Waals surface area contributed by atoms with E-state index in [2.05, 4.69) is 38.2 Å². The molecule has 1 amide bonds. The van der Waals surface area contributed by atoms with Gasteiger partial charge in [0.1, 0.15) is 5.75 Å². The van der Waals surface area contributed by atoms with Crippen LogP contribution in [0.25, 0.3) is 0 Å². The maximum absolute atomic E-state index is 12.0. The Labute approximate surface area is 145 Å². The molecule has 0 heterocycles. The molecule has 0 fully saturated rings. The summed E-state index contributed by atoms with van der Waals surface area (Å²) in [6.07, 6.45) is 1.15. The Morgan fingerprint density at radius 3 is 2.33 bits per heavy atom. The van der Waals surface area contributed by atoms with Crippen molar-refractivity contribution < 1.29 is 9.53 Å². The third-order valence-corrected chi connectivity index (χ3v) is 3.96. The van der Waals surface area contributed by atoms with Crippen molar-refractivity contribution in [3.05, 3.63) is 59.7 Å². The lowest BCUT2D eigenvalue weighted by Crippen LogP contribution is -2.13. The highest BCUT2D eigenvalue weighted by Gasteiger charge is 2.13. The van der Waals surface area contributed by atoms with Gasteiger partial charge in [-0.25, -0.2) is 0 Å². The molecule has 0 unspecified atom stereocenters. The Kier molecular flexibility index (Phi) is 6.02. The summed E-state index contributed by atoms with van der Waals surface area (Å²) in [7, 11) is 0. The molecule has 0 radical (unpaired) electrons. The number of nitrogens with one attached hydrogen (secondary N) is 1. The van der Waals surface area contributed by atoms with Crippen molar-refractivity contribution >= 4 is 11.6 Å². The zero-order valence-electron chi connectivity index (χ0n) is 15.1. The largest absolute Gasteiger partial charge is 0.494 e. The van der Waals surface area contributed by atoms with Gasteiger partial charge in [-0.05, 0) is 48.1 Å². The average molecular weight is 325 g/mol. The Morgan fingerprint density at radius 2 is 1.71 bits per heavy atom. The molecule has 0 atom stereocenters. The molecule has 0 aliphatic carbocycles. The molecule has 0 saturated heterocycles. The summed E-state index contributed by atoms with van der Waals surface area (Å²) in [5, 5.41) is 2.94. The van der Waals surface area contributed by atoms with Crippen LogP contribution in [0.15, 0.2) is 48.5 Å². The SMILES string of the molecule is Cc1ccccc1NC(=O)CCCOc1ccc(C(C)(C)C)cc1. The lowest BCUT2D eigenvalue weighted by atomic mass is 9.87. The van der Waals surface area contributed by atoms with E-state index >= 15 is 0 Å². The van der Waals surface area contributed by atoms with Gasteiger partial charge in [0.15, 0.2) is 0 Å². The Bertz CT molecular complexity index is 669. The first-order valence-electron chi connectivity index (χ1n) is 8.45. The smallest absolute Gasteiger partial charge is 0.224 e. The number of hydrogen-bond donors (Lipinski definition) is 1. The molecule has 2 aromatic rings. The molecule has 1 N–H and O–H groups in total. The van der Waals surface area contributed by atoms with Crippen LogP contribution in [0.4, 0.5) is 5.69 Å². The zero-order valence-corrected chi connectivity index (χ0v) is 15.1. The van der Waals surface area contributed by atoms with Crippen molar-refractivity contribution in [3.8, 4) is 5.75 Å². The molecule has 128 valence electrons. The van der Waals surface area contributed by atoms with Crippen LogP contribution in [0.5, 0.6) is 5.75 Å². The van der Waals surface area contributed by atoms with E-state index in [0.717, 1.165) is 17.0 Å². The van der Waals surface area contributed by atoms with Gasteiger partial charge >= 0.3 is 0 Å². The van der Waals surface area contributed by atoms with Crippen LogP contribution in [0.2, 0.25) is 0 Å². The van der Waals surface area contributed by atoms with Gasteiger partial charge in [-0.15, -0.1) is 0 Å². The highest BCUT2D eigenvalue weighted by molar-refractivity contribution is 5.91. The van der Waals surface area contributed by atoms with E-state index in [1.807, 2.05) is 43.3 Å². The third kappa shape index (κ3) is 5.41. The zero-order chi connectivity index (χ0) is 17.6. The van der Waals surface area contributed by atoms with Crippen molar-refractivity contribution in [2.24, 2.45) is 0 Å². The van der Waals surface area contributed by atoms with Crippen LogP contribution < -0.4 is 10.1 Å². The molecule has 0 saturated carbocycles. The Balaban J connectivity index is 1.73. The van der Waals surface area contributed by atoms with E-state index < -0.39 is 0 Å². The third-order valence-electron chi connectivity index (χ3n) is 3.96. The second kappa shape index (κ2) is 8.00. The topological polar surface area (TPSA) is 38.3 Å². The molecule has 0 aliphatic rings. The van der Waals surface area contributed by atoms with Crippen molar-refractivity contribution in [1.82, 2.24) is 0 Å². The van der Waals surface area contributed by atoms with Crippen molar-refractivity contribution in [2.45, 2.75) is 46.0 Å². The lowest BCUT2D eigenvalue weighted by Gasteiger charge is -2.19. The van der Waals surface area contributed by atoms with Gasteiger partial charge in [0, 0.05) is 12.1 Å². The number of hydrogen-bond acceptors (Lipinski definition) is 2. The van der Waals surface area contributed by atoms with Gasteiger partial charge in [-0.2, -0.15) is 0 Å². The standard InChI is InChI=1S/C21H27NO2/c1-16-8-5-6-9-19(16)22-20(23)10-7-15-24-18-13-11-17(12-14-18)21(2,3)4/h5-6,8-9,11-14H,7,10,15H2,1-4H3,(H,22,23). The number of rotatable bonds is 6. The van der Waals surface area contributed by atoms with Gasteiger partial charge in [-0.3, -0.25) is 4.79 Å². The first kappa shape index (κ1) is 18.1. The van der Waals surface area contributed by atoms with E-state index in [1.54, 1.807) is 0 Å². The number of para-hydroxylation sites is 1. The van der Waals surface area contributed by atoms with Crippen LogP contribution in [0, 0.1) is 6.92 Å². The number of ether oxygens (including phenoxy) is 1. The van der Waals surface area contributed by atoms with Gasteiger partial charge in [0.25, 0.3) is 0 Å². The fraction of sp³-hybridized carbons (Fsp3) is 0.381. The van der Waals surface area contributed by atoms with Gasteiger partial charge in [0.05, 0.1) is 6.61 Å².